The highest BCUT2D eigenvalue weighted by molar-refractivity contribution is 5.79. The summed E-state index contributed by atoms with van der Waals surface area (Å²) in [4.78, 5) is 15.4. The Morgan fingerprint density at radius 2 is 0.913 bits per heavy atom. The topological polar surface area (TPSA) is 610 Å². The van der Waals surface area contributed by atoms with Gasteiger partial charge in [0, 0.05) is 0 Å². The van der Waals surface area contributed by atoms with Crippen LogP contribution in [0, 0.1) is 50.2 Å². The molecule has 12 fully saturated rings. The van der Waals surface area contributed by atoms with Crippen LogP contribution in [0.2, 0.25) is 0 Å². The summed E-state index contributed by atoms with van der Waals surface area (Å²) in [6.45, 7) is 14.4. The molecule has 8 aliphatic heterocycles. The van der Waals surface area contributed by atoms with Gasteiger partial charge in [-0.1, -0.05) is 60.1 Å². The minimum atomic E-state index is -2.02. The highest BCUT2D eigenvalue weighted by Crippen LogP contribution is 2.76. The number of carbonyl (C=O) groups excluding carboxylic acids is 1. The largest absolute Gasteiger partial charge is 0.432 e. The molecule has 8 heterocycles. The van der Waals surface area contributed by atoms with Gasteiger partial charge in [0.15, 0.2) is 44.0 Å². The number of esters is 1. The fourth-order valence-corrected chi connectivity index (χ4v) is 21.6. The lowest BCUT2D eigenvalue weighted by Gasteiger charge is -2.71. The Hall–Kier alpha value is -2.27. The maximum Gasteiger partial charge on any atom is 0.315 e. The van der Waals surface area contributed by atoms with Gasteiger partial charge in [0.1, 0.15) is 171 Å². The van der Waals surface area contributed by atoms with Crippen LogP contribution in [-0.2, 0) is 80.6 Å². The number of hydrogen-bond acceptors (Lipinski definition) is 39. The van der Waals surface area contributed by atoms with Gasteiger partial charge in [0.2, 0.25) is 6.29 Å². The summed E-state index contributed by atoms with van der Waals surface area (Å²) in [5.74, 6) is -0.804. The molecule has 13 rings (SSSR count). The molecule has 0 radical (unpaired) electrons. The van der Waals surface area contributed by atoms with Crippen molar-refractivity contribution in [3.63, 3.8) is 0 Å². The number of rotatable bonds is 20. The maximum atomic E-state index is 15.4. The quantitative estimate of drug-likeness (QED) is 0.0306. The van der Waals surface area contributed by atoms with Crippen molar-refractivity contribution in [3.05, 3.63) is 11.6 Å². The van der Waals surface area contributed by atoms with Crippen LogP contribution in [-0.4, -0.2) is 397 Å². The summed E-state index contributed by atoms with van der Waals surface area (Å²) < 4.78 is 94.8. The molecule has 8 saturated heterocycles. The molecule has 0 aromatic carbocycles. The molecule has 0 bridgehead atoms. The van der Waals surface area contributed by atoms with Crippen LogP contribution in [0.4, 0.5) is 0 Å². The third kappa shape index (κ3) is 16.2. The van der Waals surface area contributed by atoms with Crippen molar-refractivity contribution < 1.29 is 193 Å². The van der Waals surface area contributed by atoms with E-state index in [4.69, 9.17) is 75.8 Å². The normalized spacial score (nSPS) is 54.6. The fourth-order valence-electron chi connectivity index (χ4n) is 21.6. The minimum absolute atomic E-state index is 0.0422. The van der Waals surface area contributed by atoms with Gasteiger partial charge in [-0.2, -0.15) is 0 Å². The number of carbonyl (C=O) groups is 1. The first-order valence-electron chi connectivity index (χ1n) is 40.4. The van der Waals surface area contributed by atoms with Gasteiger partial charge in [0.25, 0.3) is 0 Å². The lowest BCUT2D eigenvalue weighted by atomic mass is 9.33. The number of ether oxygens (including phenoxy) is 16. The van der Waals surface area contributed by atoms with Gasteiger partial charge in [-0.05, 0) is 123 Å². The summed E-state index contributed by atoms with van der Waals surface area (Å²) in [7, 11) is 0. The van der Waals surface area contributed by atoms with Crippen molar-refractivity contribution in [1.82, 2.24) is 0 Å². The molecule has 37 unspecified atom stereocenters. The van der Waals surface area contributed by atoms with E-state index >= 15 is 4.79 Å². The standard InChI is InChI=1S/C76H124O39/c1-27-40(81)46(87)52(93)64(103-27)111-58-33(22-78)106-62(55(96)49(58)90)101-25-35-44(85)48(89)54(95)67(109-35)115-70(99)76-18-16-71(3,4)20-30(76)29-10-11-38-73(7)14-13-39(72(5,6)37(73)12-15-75(38,9)74(29,8)17-19-76)110-69-61(42(83)31(80)24-100-69)114-68-57(98)60(41(82)28(2)104-68)113-63-51(92)45(86)36(26-102-63)108-65-56(97)50(91)59(34(23-79)107-65)112-66-53(94)47(88)43(84)32(21-77)105-66/h10,27-28,30-69,77-98H,11-26H2,1-9H3/t27?,28?,30-,31?,32?,33?,34?,35?,36?,37-,38+,39-,40?,41?,42?,43?,44?,45?,46?,47?,48?,49?,50?,51?,52?,53?,54?,55?,56?,57+,58?,59?,60?,61?,62?,63?,64?,65?,66?,67?,68?,69?,73-,74+,75+,76-/m0/s1. The van der Waals surface area contributed by atoms with Crippen molar-refractivity contribution in [1.29, 1.82) is 0 Å². The highest BCUT2D eigenvalue weighted by Gasteiger charge is 2.71. The smallest absolute Gasteiger partial charge is 0.315 e. The van der Waals surface area contributed by atoms with Gasteiger partial charge in [-0.25, -0.2) is 0 Å². The summed E-state index contributed by atoms with van der Waals surface area (Å²) in [5.41, 5.74) is -1.78. The van der Waals surface area contributed by atoms with Crippen LogP contribution in [0.15, 0.2) is 11.6 Å². The molecular weight excluding hydrogens is 1540 g/mol. The lowest BCUT2D eigenvalue weighted by Crippen LogP contribution is -2.66. The molecule has 0 aromatic rings. The van der Waals surface area contributed by atoms with Gasteiger partial charge in [0.05, 0.1) is 63.4 Å². The van der Waals surface area contributed by atoms with E-state index in [1.807, 2.05) is 0 Å². The van der Waals surface area contributed by atoms with Crippen LogP contribution in [0.25, 0.3) is 0 Å². The Balaban J connectivity index is 0.639. The SMILES string of the molecule is CC1OC(OC2C(CO)OC(OCC3OC(OC(=O)[C@]45CCC(C)(C)C[C@H]4C4=CC[C@@H]6[C@@]7(C)CC[C@H](OC8OCC(O)C(O)C8OC8OC(C)C(O)C(OC9OCC(OC%10OC(CO)C(OC%11OC(CO)C(O)C(O)C%11O)C(O)C%10O)C(O)C9O)[C@H]8O)C(C)(C)[C@@H]7CC[C@@]6(C)[C@]4(C)CC5)C(O)C(O)C3O)C(O)C2O)C(O)C(O)C1O. The molecule has 5 aliphatic carbocycles. The number of hydrogen-bond donors (Lipinski definition) is 22. The Morgan fingerprint density at radius 3 is 1.55 bits per heavy atom. The molecule has 39 nitrogen and oxygen atoms in total. The zero-order valence-electron chi connectivity index (χ0n) is 65.9. The van der Waals surface area contributed by atoms with Gasteiger partial charge in [-0.3, -0.25) is 4.79 Å². The summed E-state index contributed by atoms with van der Waals surface area (Å²) in [5, 5.41) is 241. The van der Waals surface area contributed by atoms with Crippen molar-refractivity contribution >= 4 is 5.97 Å². The van der Waals surface area contributed by atoms with Crippen molar-refractivity contribution in [2.75, 3.05) is 39.6 Å². The third-order valence-corrected chi connectivity index (χ3v) is 29.0. The molecule has 4 saturated carbocycles. The minimum Gasteiger partial charge on any atom is -0.432 e. The molecule has 46 atom stereocenters. The fraction of sp³-hybridized carbons (Fsp3) is 0.961. The van der Waals surface area contributed by atoms with E-state index in [-0.39, 0.29) is 40.6 Å². The average molecular weight is 1660 g/mol. The van der Waals surface area contributed by atoms with Crippen LogP contribution in [0.5, 0.6) is 0 Å². The second kappa shape index (κ2) is 34.7. The van der Waals surface area contributed by atoms with Crippen molar-refractivity contribution in [2.24, 2.45) is 50.2 Å². The highest BCUT2D eigenvalue weighted by atomic mass is 16.8. The van der Waals surface area contributed by atoms with Crippen LogP contribution < -0.4 is 0 Å². The molecule has 39 heteroatoms. The van der Waals surface area contributed by atoms with Gasteiger partial charge < -0.3 is 188 Å². The Kier molecular flexibility index (Phi) is 27.3. The first-order chi connectivity index (χ1) is 54.0. The van der Waals surface area contributed by atoms with E-state index in [1.165, 1.54) is 13.8 Å². The monoisotopic (exact) mass is 1660 g/mol. The molecule has 13 aliphatic rings. The van der Waals surface area contributed by atoms with Crippen LogP contribution >= 0.6 is 0 Å². The average Bonchev–Trinajstić information content (AvgIpc) is 0.673. The van der Waals surface area contributed by atoms with Crippen LogP contribution in [0.3, 0.4) is 0 Å². The second-order valence-electron chi connectivity index (χ2n) is 36.6. The molecule has 0 aromatic heterocycles. The predicted molar refractivity (Wildman–Crippen MR) is 379 cm³/mol. The lowest BCUT2D eigenvalue weighted by molar-refractivity contribution is -0.386. The third-order valence-electron chi connectivity index (χ3n) is 29.0. The van der Waals surface area contributed by atoms with E-state index in [9.17, 15) is 112 Å². The van der Waals surface area contributed by atoms with E-state index < -0.39 is 295 Å². The maximum absolute atomic E-state index is 15.4. The van der Waals surface area contributed by atoms with E-state index in [0.717, 1.165) is 18.4 Å². The molecule has 662 valence electrons. The molecule has 22 N–H and O–H groups in total. The van der Waals surface area contributed by atoms with Gasteiger partial charge >= 0.3 is 5.97 Å². The van der Waals surface area contributed by atoms with E-state index in [0.29, 0.717) is 51.4 Å². The molecular formula is C76H124O39. The van der Waals surface area contributed by atoms with Crippen molar-refractivity contribution in [3.8, 4) is 0 Å². The van der Waals surface area contributed by atoms with Gasteiger partial charge in [-0.15, -0.1) is 0 Å². The van der Waals surface area contributed by atoms with Crippen LogP contribution in [0.1, 0.15) is 127 Å². The number of aliphatic hydroxyl groups is 22. The molecule has 0 spiro atoms. The summed E-state index contributed by atoms with van der Waals surface area (Å²) >= 11 is 0. The van der Waals surface area contributed by atoms with E-state index in [2.05, 4.69) is 54.5 Å². The zero-order chi connectivity index (χ0) is 83.7. The first-order valence-corrected chi connectivity index (χ1v) is 40.4. The Labute approximate surface area is 664 Å². The Bertz CT molecular complexity index is 3290. The number of fused-ring (bicyclic) bond motifs is 7. The summed E-state index contributed by atoms with van der Waals surface area (Å²) in [6, 6.07) is 0. The zero-order valence-corrected chi connectivity index (χ0v) is 65.9. The Morgan fingerprint density at radius 1 is 0.417 bits per heavy atom. The van der Waals surface area contributed by atoms with Crippen molar-refractivity contribution in [2.45, 2.75) is 366 Å². The first kappa shape index (κ1) is 90.5. The molecule has 0 amide bonds. The second-order valence-corrected chi connectivity index (χ2v) is 36.6. The number of aliphatic hydroxyl groups excluding tert-OH is 22. The summed E-state index contributed by atoms with van der Waals surface area (Å²) in [6.07, 6.45) is -56.6. The van der Waals surface area contributed by atoms with E-state index in [1.54, 1.807) is 0 Å². The molecule has 115 heavy (non-hydrogen) atoms. The number of allylic oxidation sites excluding steroid dienone is 2. The predicted octanol–water partition coefficient (Wildman–Crippen LogP) is -7.41.